The van der Waals surface area contributed by atoms with Crippen LogP contribution in [0.4, 0.5) is 5.69 Å². The summed E-state index contributed by atoms with van der Waals surface area (Å²) in [5.74, 6) is 0.842. The van der Waals surface area contributed by atoms with Crippen LogP contribution in [0.25, 0.3) is 11.1 Å². The second-order valence-electron chi connectivity index (χ2n) is 4.67. The molecule has 19 heavy (non-hydrogen) atoms. The van der Waals surface area contributed by atoms with Gasteiger partial charge in [0.2, 0.25) is 0 Å². The van der Waals surface area contributed by atoms with E-state index in [1.54, 1.807) is 7.11 Å². The SMILES string of the molecule is COc1ccc(-c2ccc(N(C)C)cc2)c(CN)c1. The Morgan fingerprint density at radius 2 is 1.74 bits per heavy atom. The van der Waals surface area contributed by atoms with E-state index >= 15 is 0 Å². The van der Waals surface area contributed by atoms with Gasteiger partial charge in [0.25, 0.3) is 0 Å². The number of nitrogens with zero attached hydrogens (tertiary/aromatic N) is 1. The zero-order chi connectivity index (χ0) is 13.8. The molecule has 0 bridgehead atoms. The van der Waals surface area contributed by atoms with Gasteiger partial charge in [0.15, 0.2) is 0 Å². The summed E-state index contributed by atoms with van der Waals surface area (Å²) >= 11 is 0. The van der Waals surface area contributed by atoms with Crippen LogP contribution < -0.4 is 15.4 Å². The van der Waals surface area contributed by atoms with Crippen molar-refractivity contribution >= 4 is 5.69 Å². The van der Waals surface area contributed by atoms with Crippen molar-refractivity contribution in [2.45, 2.75) is 6.54 Å². The lowest BCUT2D eigenvalue weighted by atomic mass is 9.99. The fourth-order valence-corrected chi connectivity index (χ4v) is 2.09. The molecule has 0 fully saturated rings. The molecule has 0 unspecified atom stereocenters. The standard InChI is InChI=1S/C16H20N2O/c1-18(2)14-6-4-12(5-7-14)16-9-8-15(19-3)10-13(16)11-17/h4-10H,11,17H2,1-3H3. The number of methoxy groups -OCH3 is 1. The first-order chi connectivity index (χ1) is 9.15. The van der Waals surface area contributed by atoms with Gasteiger partial charge in [0.1, 0.15) is 5.75 Å². The van der Waals surface area contributed by atoms with E-state index < -0.39 is 0 Å². The summed E-state index contributed by atoms with van der Waals surface area (Å²) in [4.78, 5) is 2.08. The van der Waals surface area contributed by atoms with Crippen molar-refractivity contribution in [2.24, 2.45) is 5.73 Å². The van der Waals surface area contributed by atoms with Crippen molar-refractivity contribution in [2.75, 3.05) is 26.1 Å². The number of anilines is 1. The predicted octanol–water partition coefficient (Wildman–Crippen LogP) is 2.89. The molecule has 0 saturated carbocycles. The number of nitrogens with two attached hydrogens (primary N) is 1. The summed E-state index contributed by atoms with van der Waals surface area (Å²) in [6.07, 6.45) is 0. The van der Waals surface area contributed by atoms with E-state index in [9.17, 15) is 0 Å². The maximum Gasteiger partial charge on any atom is 0.119 e. The molecule has 2 rings (SSSR count). The molecule has 100 valence electrons. The van der Waals surface area contributed by atoms with Crippen molar-refractivity contribution in [3.05, 3.63) is 48.0 Å². The second-order valence-corrected chi connectivity index (χ2v) is 4.67. The summed E-state index contributed by atoms with van der Waals surface area (Å²) in [5.41, 5.74) is 10.4. The highest BCUT2D eigenvalue weighted by atomic mass is 16.5. The molecule has 2 aromatic carbocycles. The van der Waals surface area contributed by atoms with E-state index in [4.69, 9.17) is 10.5 Å². The first-order valence-electron chi connectivity index (χ1n) is 6.30. The topological polar surface area (TPSA) is 38.5 Å². The van der Waals surface area contributed by atoms with Crippen LogP contribution in [0.2, 0.25) is 0 Å². The molecule has 3 heteroatoms. The fraction of sp³-hybridized carbons (Fsp3) is 0.250. The molecule has 2 N–H and O–H groups in total. The molecule has 0 spiro atoms. The van der Waals surface area contributed by atoms with Gasteiger partial charge in [-0.15, -0.1) is 0 Å². The predicted molar refractivity (Wildman–Crippen MR) is 80.6 cm³/mol. The van der Waals surface area contributed by atoms with Crippen LogP contribution >= 0.6 is 0 Å². The molecular weight excluding hydrogens is 236 g/mol. The van der Waals surface area contributed by atoms with Gasteiger partial charge in [-0.1, -0.05) is 18.2 Å². The molecule has 0 aliphatic carbocycles. The molecule has 0 radical (unpaired) electrons. The number of hydrogen-bond acceptors (Lipinski definition) is 3. The molecule has 2 aromatic rings. The third kappa shape index (κ3) is 2.88. The minimum Gasteiger partial charge on any atom is -0.497 e. The lowest BCUT2D eigenvalue weighted by Gasteiger charge is -2.14. The molecule has 3 nitrogen and oxygen atoms in total. The van der Waals surface area contributed by atoms with Gasteiger partial charge in [-0.25, -0.2) is 0 Å². The Hall–Kier alpha value is -2.00. The van der Waals surface area contributed by atoms with E-state index in [2.05, 4.69) is 35.2 Å². The van der Waals surface area contributed by atoms with E-state index in [-0.39, 0.29) is 0 Å². The van der Waals surface area contributed by atoms with Gasteiger partial charge in [-0.3, -0.25) is 0 Å². The molecule has 0 aliphatic heterocycles. The van der Waals surface area contributed by atoms with Crippen LogP contribution in [0.1, 0.15) is 5.56 Å². The van der Waals surface area contributed by atoms with Crippen LogP contribution in [-0.4, -0.2) is 21.2 Å². The number of rotatable bonds is 4. The van der Waals surface area contributed by atoms with Gasteiger partial charge in [-0.05, 0) is 41.0 Å². The third-order valence-electron chi connectivity index (χ3n) is 3.23. The highest BCUT2D eigenvalue weighted by Crippen LogP contribution is 2.28. The number of hydrogen-bond donors (Lipinski definition) is 1. The van der Waals surface area contributed by atoms with Crippen molar-refractivity contribution in [1.82, 2.24) is 0 Å². The smallest absolute Gasteiger partial charge is 0.119 e. The average molecular weight is 256 g/mol. The summed E-state index contributed by atoms with van der Waals surface area (Å²) < 4.78 is 5.24. The van der Waals surface area contributed by atoms with Crippen molar-refractivity contribution < 1.29 is 4.74 Å². The lowest BCUT2D eigenvalue weighted by molar-refractivity contribution is 0.414. The van der Waals surface area contributed by atoms with Gasteiger partial charge >= 0.3 is 0 Å². The van der Waals surface area contributed by atoms with Gasteiger partial charge in [0, 0.05) is 26.3 Å². The molecular formula is C16H20N2O. The Bertz CT molecular complexity index is 547. The minimum absolute atomic E-state index is 0.502. The van der Waals surface area contributed by atoms with Gasteiger partial charge in [-0.2, -0.15) is 0 Å². The third-order valence-corrected chi connectivity index (χ3v) is 3.23. The average Bonchev–Trinajstić information content (AvgIpc) is 2.46. The Balaban J connectivity index is 2.40. The maximum absolute atomic E-state index is 5.83. The Labute approximate surface area is 114 Å². The Morgan fingerprint density at radius 1 is 1.05 bits per heavy atom. The summed E-state index contributed by atoms with van der Waals surface area (Å²) in [6, 6.07) is 14.5. The van der Waals surface area contributed by atoms with Crippen LogP contribution in [0, 0.1) is 0 Å². The zero-order valence-corrected chi connectivity index (χ0v) is 11.7. The van der Waals surface area contributed by atoms with E-state index in [0.29, 0.717) is 6.54 Å². The molecule has 0 amide bonds. The maximum atomic E-state index is 5.83. The summed E-state index contributed by atoms with van der Waals surface area (Å²) in [7, 11) is 5.74. The highest BCUT2D eigenvalue weighted by Gasteiger charge is 2.06. The molecule has 0 aromatic heterocycles. The lowest BCUT2D eigenvalue weighted by Crippen LogP contribution is -2.08. The minimum atomic E-state index is 0.502. The first kappa shape index (κ1) is 13.4. The molecule has 0 aliphatic rings. The van der Waals surface area contributed by atoms with Crippen molar-refractivity contribution in [1.29, 1.82) is 0 Å². The normalized spacial score (nSPS) is 10.3. The number of benzene rings is 2. The second kappa shape index (κ2) is 5.76. The van der Waals surface area contributed by atoms with Gasteiger partial charge in [0.05, 0.1) is 7.11 Å². The van der Waals surface area contributed by atoms with Crippen molar-refractivity contribution in [3.63, 3.8) is 0 Å². The molecule has 0 saturated heterocycles. The van der Waals surface area contributed by atoms with E-state index in [1.165, 1.54) is 11.3 Å². The van der Waals surface area contributed by atoms with Gasteiger partial charge < -0.3 is 15.4 Å². The Morgan fingerprint density at radius 3 is 2.26 bits per heavy atom. The molecule has 0 heterocycles. The van der Waals surface area contributed by atoms with E-state index in [1.807, 2.05) is 26.2 Å². The van der Waals surface area contributed by atoms with Crippen LogP contribution in [-0.2, 0) is 6.54 Å². The number of ether oxygens (including phenoxy) is 1. The van der Waals surface area contributed by atoms with Crippen LogP contribution in [0.3, 0.4) is 0 Å². The fourth-order valence-electron chi connectivity index (χ4n) is 2.09. The zero-order valence-electron chi connectivity index (χ0n) is 11.7. The monoisotopic (exact) mass is 256 g/mol. The quantitative estimate of drug-likeness (QED) is 0.914. The van der Waals surface area contributed by atoms with Crippen LogP contribution in [0.5, 0.6) is 5.75 Å². The summed E-state index contributed by atoms with van der Waals surface area (Å²) in [6.45, 7) is 0.502. The highest BCUT2D eigenvalue weighted by molar-refractivity contribution is 5.70. The largest absolute Gasteiger partial charge is 0.497 e. The molecule has 0 atom stereocenters. The van der Waals surface area contributed by atoms with Crippen molar-refractivity contribution in [3.8, 4) is 16.9 Å². The first-order valence-corrected chi connectivity index (χ1v) is 6.30. The Kier molecular flexibility index (Phi) is 4.07. The summed E-state index contributed by atoms with van der Waals surface area (Å²) in [5, 5.41) is 0. The van der Waals surface area contributed by atoms with E-state index in [0.717, 1.165) is 16.9 Å². The van der Waals surface area contributed by atoms with Crippen LogP contribution in [0.15, 0.2) is 42.5 Å².